The number of nitrogens with one attached hydrogen (secondary N) is 2. The van der Waals surface area contributed by atoms with Crippen LogP contribution in [-0.4, -0.2) is 121 Å². The zero-order valence-corrected chi connectivity index (χ0v) is 26.7. The molecule has 1 rings (SSSR count). The maximum absolute atomic E-state index is 12.3. The van der Waals surface area contributed by atoms with Gasteiger partial charge in [-0.25, -0.2) is 13.7 Å². The number of aliphatic hydroxyl groups excluding tert-OH is 2. The fourth-order valence-corrected chi connectivity index (χ4v) is 6.64. The van der Waals surface area contributed by atoms with Crippen LogP contribution >= 0.6 is 35.2 Å². The summed E-state index contributed by atoms with van der Waals surface area (Å²) in [6.07, 6.45) is -7.46. The third kappa shape index (κ3) is 16.3. The number of phosphoric ester groups is 3. The number of hydrogen-bond acceptors (Lipinski definition) is 15. The standard InChI is InChI=1S/C19H35N2O19P3S/c1-19(2,17(27)18(28)21-4-3-13(23)20-5-6-44-15(26)7-14(24)25)10-38-43(34,35)40-42(32,33)37-9-12-16(11(22)8-36-12)39-41(29,30)31/h11-12,16-17,22,27H,3-10H2,1-2H3,(H,20,23)(H,21,28)(H,24,25)(H,32,33)(H,34,35)(H2,29,30,31)/t11-,12+,16-,17-/m0/s1. The molecule has 1 heterocycles. The highest BCUT2D eigenvalue weighted by atomic mass is 32.2. The number of hydrogen-bond donors (Lipinski definition) is 9. The number of ether oxygens (including phenoxy) is 1. The molecule has 0 aliphatic carbocycles. The third-order valence-electron chi connectivity index (χ3n) is 5.32. The van der Waals surface area contributed by atoms with Crippen molar-refractivity contribution in [3.63, 3.8) is 0 Å². The van der Waals surface area contributed by atoms with E-state index in [0.29, 0.717) is 0 Å². The molecule has 0 aromatic heterocycles. The van der Waals surface area contributed by atoms with Crippen LogP contribution in [0.1, 0.15) is 26.7 Å². The molecule has 1 saturated heterocycles. The lowest BCUT2D eigenvalue weighted by molar-refractivity contribution is -0.139. The van der Waals surface area contributed by atoms with Crippen LogP contribution in [0.4, 0.5) is 0 Å². The molecule has 21 nitrogen and oxygen atoms in total. The van der Waals surface area contributed by atoms with Crippen LogP contribution in [0.2, 0.25) is 0 Å². The van der Waals surface area contributed by atoms with Crippen LogP contribution in [0.25, 0.3) is 0 Å². The highest BCUT2D eigenvalue weighted by Crippen LogP contribution is 2.61. The van der Waals surface area contributed by atoms with Crippen molar-refractivity contribution in [2.75, 3.05) is 38.7 Å². The Labute approximate surface area is 254 Å². The maximum Gasteiger partial charge on any atom is 0.481 e. The largest absolute Gasteiger partial charge is 0.481 e. The Bertz CT molecular complexity index is 1160. The molecule has 1 aliphatic heterocycles. The Morgan fingerprint density at radius 2 is 1.64 bits per heavy atom. The van der Waals surface area contributed by atoms with Crippen LogP contribution in [0.3, 0.4) is 0 Å². The lowest BCUT2D eigenvalue weighted by atomic mass is 9.87. The van der Waals surface area contributed by atoms with E-state index in [4.69, 9.17) is 19.6 Å². The molecule has 1 fully saturated rings. The van der Waals surface area contributed by atoms with E-state index in [2.05, 4.69) is 28.5 Å². The molecule has 256 valence electrons. The van der Waals surface area contributed by atoms with Gasteiger partial charge < -0.3 is 50.3 Å². The smallest absolute Gasteiger partial charge is 0.481 e. The minimum Gasteiger partial charge on any atom is -0.481 e. The Kier molecular flexibility index (Phi) is 16.2. The average molecular weight is 720 g/mol. The van der Waals surface area contributed by atoms with E-state index in [0.717, 1.165) is 11.8 Å². The molecule has 0 spiro atoms. The predicted octanol–water partition coefficient (Wildman–Crippen LogP) is -1.78. The fraction of sp³-hybridized carbons (Fsp3) is 0.789. The quantitative estimate of drug-likeness (QED) is 0.0381. The molecule has 2 amide bonds. The van der Waals surface area contributed by atoms with E-state index in [1.807, 2.05) is 0 Å². The summed E-state index contributed by atoms with van der Waals surface area (Å²) in [5, 5.41) is 32.7. The van der Waals surface area contributed by atoms with Gasteiger partial charge in [0.25, 0.3) is 0 Å². The van der Waals surface area contributed by atoms with Crippen molar-refractivity contribution >= 4 is 58.1 Å². The van der Waals surface area contributed by atoms with Gasteiger partial charge in [-0.05, 0) is 0 Å². The molecule has 0 radical (unpaired) electrons. The Balaban J connectivity index is 2.48. The molecular formula is C19H35N2O19P3S. The first-order valence-electron chi connectivity index (χ1n) is 12.3. The van der Waals surface area contributed by atoms with Gasteiger partial charge in [0.15, 0.2) is 5.12 Å². The number of carboxylic acid groups (broad SMARTS) is 1. The number of phosphoric acid groups is 3. The van der Waals surface area contributed by atoms with Gasteiger partial charge in [-0.15, -0.1) is 0 Å². The van der Waals surface area contributed by atoms with Crippen LogP contribution in [0.5, 0.6) is 0 Å². The van der Waals surface area contributed by atoms with E-state index in [1.165, 1.54) is 13.8 Å². The van der Waals surface area contributed by atoms with E-state index in [9.17, 15) is 52.9 Å². The molecule has 25 heteroatoms. The first-order chi connectivity index (χ1) is 20.0. The van der Waals surface area contributed by atoms with E-state index in [1.54, 1.807) is 0 Å². The Morgan fingerprint density at radius 1 is 1.02 bits per heavy atom. The number of carboxylic acids is 1. The van der Waals surface area contributed by atoms with Gasteiger partial charge in [0.1, 0.15) is 30.8 Å². The number of aliphatic carboxylic acids is 1. The topological polar surface area (TPSA) is 331 Å². The minimum atomic E-state index is -5.40. The van der Waals surface area contributed by atoms with E-state index in [-0.39, 0.29) is 25.3 Å². The molecule has 0 aromatic carbocycles. The zero-order chi connectivity index (χ0) is 33.9. The van der Waals surface area contributed by atoms with Gasteiger partial charge in [-0.3, -0.25) is 32.7 Å². The van der Waals surface area contributed by atoms with Crippen molar-refractivity contribution in [1.82, 2.24) is 10.6 Å². The second kappa shape index (κ2) is 17.6. The number of carbonyl (C=O) groups excluding carboxylic acids is 3. The molecule has 1 aliphatic rings. The molecular weight excluding hydrogens is 685 g/mol. The molecule has 0 bridgehead atoms. The highest BCUT2D eigenvalue weighted by molar-refractivity contribution is 8.13. The van der Waals surface area contributed by atoms with Crippen LogP contribution in [0.15, 0.2) is 0 Å². The van der Waals surface area contributed by atoms with Gasteiger partial charge in [0.2, 0.25) is 11.8 Å². The summed E-state index contributed by atoms with van der Waals surface area (Å²) in [6, 6.07) is 0. The monoisotopic (exact) mass is 720 g/mol. The maximum atomic E-state index is 12.3. The van der Waals surface area contributed by atoms with Crippen molar-refractivity contribution in [1.29, 1.82) is 0 Å². The Morgan fingerprint density at radius 3 is 2.23 bits per heavy atom. The summed E-state index contributed by atoms with van der Waals surface area (Å²) in [6.45, 7) is -0.0762. The van der Waals surface area contributed by atoms with Gasteiger partial charge in [0, 0.05) is 30.7 Å². The number of aliphatic hydroxyl groups is 2. The van der Waals surface area contributed by atoms with Crippen molar-refractivity contribution in [3.05, 3.63) is 0 Å². The molecule has 2 unspecified atom stereocenters. The number of thioether (sulfide) groups is 1. The molecule has 9 N–H and O–H groups in total. The summed E-state index contributed by atoms with van der Waals surface area (Å²) >= 11 is 0.726. The molecule has 0 saturated carbocycles. The van der Waals surface area contributed by atoms with Crippen molar-refractivity contribution in [2.24, 2.45) is 5.41 Å². The van der Waals surface area contributed by atoms with Crippen molar-refractivity contribution in [3.8, 4) is 0 Å². The predicted molar refractivity (Wildman–Crippen MR) is 145 cm³/mol. The van der Waals surface area contributed by atoms with Crippen LogP contribution in [0, 0.1) is 5.41 Å². The minimum absolute atomic E-state index is 0.0495. The second-order valence-electron chi connectivity index (χ2n) is 9.66. The number of carbonyl (C=O) groups is 4. The van der Waals surface area contributed by atoms with Gasteiger partial charge in [-0.2, -0.15) is 4.31 Å². The number of amides is 2. The zero-order valence-electron chi connectivity index (χ0n) is 23.2. The number of rotatable bonds is 20. The Hall–Kier alpha value is -1.32. The lowest BCUT2D eigenvalue weighted by Crippen LogP contribution is -2.46. The molecule has 6 atom stereocenters. The van der Waals surface area contributed by atoms with E-state index >= 15 is 0 Å². The average Bonchev–Trinajstić information content (AvgIpc) is 3.20. The van der Waals surface area contributed by atoms with Crippen LogP contribution in [-0.2, 0) is 55.5 Å². The third-order valence-corrected chi connectivity index (χ3v) is 9.29. The van der Waals surface area contributed by atoms with Crippen molar-refractivity contribution in [2.45, 2.75) is 51.1 Å². The SMILES string of the molecule is CC(C)(COP(=O)(O)OP(=O)(O)OC[C@H]1OC[C@H](O)[C@@H]1OP(=O)(O)O)[C@@H](O)C(=O)NCCC(=O)NCCSC(=O)CC(=O)O. The van der Waals surface area contributed by atoms with Crippen molar-refractivity contribution < 1.29 is 90.4 Å². The normalized spacial score (nSPS) is 22.4. The lowest BCUT2D eigenvalue weighted by Gasteiger charge is -2.30. The van der Waals surface area contributed by atoms with Gasteiger partial charge in [0.05, 0.1) is 19.8 Å². The van der Waals surface area contributed by atoms with Crippen LogP contribution < -0.4 is 10.6 Å². The fourth-order valence-electron chi connectivity index (χ4n) is 3.14. The molecule has 0 aromatic rings. The molecule has 44 heavy (non-hydrogen) atoms. The summed E-state index contributed by atoms with van der Waals surface area (Å²) in [4.78, 5) is 83.3. The first-order valence-corrected chi connectivity index (χ1v) is 17.8. The first kappa shape index (κ1) is 40.7. The summed E-state index contributed by atoms with van der Waals surface area (Å²) in [5.41, 5.74) is -1.60. The summed E-state index contributed by atoms with van der Waals surface area (Å²) in [5.74, 6) is -2.68. The van der Waals surface area contributed by atoms with Gasteiger partial charge in [-0.1, -0.05) is 25.6 Å². The van der Waals surface area contributed by atoms with E-state index < -0.39 is 102 Å². The second-order valence-corrected chi connectivity index (χ2v) is 15.0. The summed E-state index contributed by atoms with van der Waals surface area (Å²) < 4.78 is 58.0. The van der Waals surface area contributed by atoms with Gasteiger partial charge >= 0.3 is 29.4 Å². The summed E-state index contributed by atoms with van der Waals surface area (Å²) in [7, 11) is -15.9. The highest BCUT2D eigenvalue weighted by Gasteiger charge is 2.44.